The first-order chi connectivity index (χ1) is 3.79. The Bertz CT molecular complexity index is 143. The van der Waals surface area contributed by atoms with Crippen LogP contribution < -0.4 is 5.43 Å². The van der Waals surface area contributed by atoms with Gasteiger partial charge >= 0.3 is 0 Å². The van der Waals surface area contributed by atoms with Crippen molar-refractivity contribution in [3.63, 3.8) is 0 Å². The van der Waals surface area contributed by atoms with Gasteiger partial charge in [0.2, 0.25) is 0 Å². The molecule has 0 aliphatic carbocycles. The van der Waals surface area contributed by atoms with Crippen molar-refractivity contribution in [2.75, 3.05) is 6.54 Å². The summed E-state index contributed by atoms with van der Waals surface area (Å²) >= 11 is 0. The van der Waals surface area contributed by atoms with E-state index in [0.717, 1.165) is 6.20 Å². The van der Waals surface area contributed by atoms with E-state index in [4.69, 9.17) is 0 Å². The van der Waals surface area contributed by atoms with Crippen LogP contribution in [-0.4, -0.2) is 17.2 Å². The molecule has 0 saturated heterocycles. The number of nitrogens with one attached hydrogen (secondary N) is 1. The average molecular weight is 113 g/mol. The topological polar surface area (TPSA) is 49.2 Å². The molecule has 0 spiro atoms. The van der Waals surface area contributed by atoms with Crippen LogP contribution in [-0.2, 0) is 4.79 Å². The molecule has 1 aliphatic heterocycles. The van der Waals surface area contributed by atoms with E-state index in [1.807, 2.05) is 0 Å². The van der Waals surface area contributed by atoms with Crippen molar-refractivity contribution >= 4 is 5.78 Å². The summed E-state index contributed by atoms with van der Waals surface area (Å²) in [5.41, 5.74) is 2.27. The molecule has 8 heavy (non-hydrogen) atoms. The summed E-state index contributed by atoms with van der Waals surface area (Å²) in [6.45, 7) is 0.111. The quantitative estimate of drug-likeness (QED) is 0.425. The van der Waals surface area contributed by atoms with Gasteiger partial charge in [-0.15, -0.1) is 5.43 Å². The highest BCUT2D eigenvalue weighted by Crippen LogP contribution is 1.82. The minimum Gasteiger partial charge on any atom is -0.292 e. The van der Waals surface area contributed by atoms with Crippen LogP contribution >= 0.6 is 0 Å². The van der Waals surface area contributed by atoms with Crippen molar-refractivity contribution in [2.24, 2.45) is 0 Å². The lowest BCUT2D eigenvalue weighted by Crippen LogP contribution is -2.31. The summed E-state index contributed by atoms with van der Waals surface area (Å²) in [5, 5.41) is 0. The summed E-state index contributed by atoms with van der Waals surface area (Å²) < 4.78 is 0. The van der Waals surface area contributed by atoms with Gasteiger partial charge in [-0.2, -0.15) is 0 Å². The zero-order chi connectivity index (χ0) is 5.98. The second kappa shape index (κ2) is 1.73. The Labute approximate surface area is 45.7 Å². The molecular weight excluding hydrogens is 108 g/mol. The highest BCUT2D eigenvalue weighted by molar-refractivity contribution is 5.91. The van der Waals surface area contributed by atoms with Crippen LogP contribution in [0.3, 0.4) is 0 Å². The molecule has 0 aromatic carbocycles. The van der Waals surface area contributed by atoms with Crippen molar-refractivity contribution in [3.8, 4) is 0 Å². The highest BCUT2D eigenvalue weighted by Gasteiger charge is 2.11. The SMILES string of the molecule is O=C1C=C[N+](=O)NC1. The number of ketones is 1. The van der Waals surface area contributed by atoms with Crippen LogP contribution in [0.15, 0.2) is 12.3 Å². The lowest BCUT2D eigenvalue weighted by molar-refractivity contribution is -0.543. The Balaban J connectivity index is 2.68. The number of nitrogens with zero attached hydrogens (tertiary/aromatic N) is 1. The van der Waals surface area contributed by atoms with Gasteiger partial charge in [-0.25, -0.2) is 0 Å². The minimum absolute atomic E-state index is 0.0721. The normalized spacial score (nSPS) is 18.5. The number of hydrogen-bond acceptors (Lipinski definition) is 2. The molecule has 1 rings (SSSR count). The van der Waals surface area contributed by atoms with Crippen molar-refractivity contribution in [1.29, 1.82) is 0 Å². The van der Waals surface area contributed by atoms with Gasteiger partial charge in [0.1, 0.15) is 11.4 Å². The molecule has 4 heteroatoms. The zero-order valence-electron chi connectivity index (χ0n) is 4.13. The number of carbonyl (C=O) groups excluding carboxylic acids is 1. The van der Waals surface area contributed by atoms with Crippen LogP contribution in [0, 0.1) is 4.91 Å². The van der Waals surface area contributed by atoms with E-state index in [0.29, 0.717) is 4.87 Å². The lowest BCUT2D eigenvalue weighted by atomic mass is 10.4. The van der Waals surface area contributed by atoms with Gasteiger partial charge in [-0.05, 0) is 0 Å². The van der Waals surface area contributed by atoms with E-state index in [-0.39, 0.29) is 12.3 Å². The van der Waals surface area contributed by atoms with E-state index < -0.39 is 0 Å². The van der Waals surface area contributed by atoms with E-state index in [9.17, 15) is 9.70 Å². The van der Waals surface area contributed by atoms with E-state index in [1.165, 1.54) is 6.08 Å². The van der Waals surface area contributed by atoms with Crippen molar-refractivity contribution < 1.29 is 9.66 Å². The second-order valence-corrected chi connectivity index (χ2v) is 1.44. The standard InChI is InChI=1S/C4H5N2O2/c7-4-1-2-6(8)5-3-4/h1-2H,3H2,(H,5,8)/q+1. The average Bonchev–Trinajstić information content (AvgIpc) is 1.77. The number of carbonyl (C=O) groups is 1. The lowest BCUT2D eigenvalue weighted by Gasteiger charge is -1.93. The van der Waals surface area contributed by atoms with Gasteiger partial charge < -0.3 is 0 Å². The molecular formula is C4H5N2O2+. The fraction of sp³-hybridized carbons (Fsp3) is 0.250. The molecule has 0 radical (unpaired) electrons. The van der Waals surface area contributed by atoms with Crippen LogP contribution in [0.1, 0.15) is 0 Å². The van der Waals surface area contributed by atoms with Crippen molar-refractivity contribution in [2.45, 2.75) is 0 Å². The largest absolute Gasteiger partial charge is 0.292 e. The number of hydrogen-bond donors (Lipinski definition) is 1. The summed E-state index contributed by atoms with van der Waals surface area (Å²) in [4.78, 5) is 21.0. The molecule has 0 saturated carbocycles. The van der Waals surface area contributed by atoms with Gasteiger partial charge in [0.15, 0.2) is 5.78 Å². The molecule has 0 bridgehead atoms. The first kappa shape index (κ1) is 4.96. The third-order valence-corrected chi connectivity index (χ3v) is 0.805. The molecule has 0 aromatic heterocycles. The van der Waals surface area contributed by atoms with Gasteiger partial charge in [-0.1, -0.05) is 0 Å². The minimum atomic E-state index is -0.0721. The van der Waals surface area contributed by atoms with Crippen molar-refractivity contribution in [3.05, 3.63) is 17.2 Å². The molecule has 1 aliphatic rings. The zero-order valence-corrected chi connectivity index (χ0v) is 4.13. The Morgan fingerprint density at radius 2 is 2.50 bits per heavy atom. The third kappa shape index (κ3) is 0.900. The van der Waals surface area contributed by atoms with Gasteiger partial charge in [-0.3, -0.25) is 4.79 Å². The maximum absolute atomic E-state index is 10.3. The maximum atomic E-state index is 10.3. The van der Waals surface area contributed by atoms with Gasteiger partial charge in [0.25, 0.3) is 6.20 Å². The Morgan fingerprint density at radius 1 is 1.75 bits per heavy atom. The van der Waals surface area contributed by atoms with Crippen LogP contribution in [0.2, 0.25) is 0 Å². The third-order valence-electron chi connectivity index (χ3n) is 0.805. The van der Waals surface area contributed by atoms with E-state index in [1.54, 1.807) is 0 Å². The fourth-order valence-electron chi connectivity index (χ4n) is 0.418. The smallest absolute Gasteiger partial charge is 0.260 e. The van der Waals surface area contributed by atoms with Crippen LogP contribution in [0.4, 0.5) is 0 Å². The predicted octanol–water partition coefficient (Wildman–Crippen LogP) is -0.634. The summed E-state index contributed by atoms with van der Waals surface area (Å²) in [7, 11) is 0. The molecule has 1 N–H and O–H groups in total. The molecule has 0 fully saturated rings. The Kier molecular flexibility index (Phi) is 1.07. The molecule has 1 heterocycles. The summed E-state index contributed by atoms with van der Waals surface area (Å²) in [6.07, 6.45) is 2.38. The second-order valence-electron chi connectivity index (χ2n) is 1.44. The monoisotopic (exact) mass is 113 g/mol. The van der Waals surface area contributed by atoms with E-state index in [2.05, 4.69) is 5.43 Å². The van der Waals surface area contributed by atoms with E-state index >= 15 is 0 Å². The molecule has 0 amide bonds. The van der Waals surface area contributed by atoms with Crippen LogP contribution in [0.25, 0.3) is 0 Å². The molecule has 0 atom stereocenters. The molecule has 0 unspecified atom stereocenters. The first-order valence-corrected chi connectivity index (χ1v) is 2.20. The Morgan fingerprint density at radius 3 is 2.88 bits per heavy atom. The van der Waals surface area contributed by atoms with Crippen molar-refractivity contribution in [1.82, 2.24) is 5.43 Å². The van der Waals surface area contributed by atoms with Gasteiger partial charge in [0.05, 0.1) is 11.0 Å². The molecule has 0 aromatic rings. The Hall–Kier alpha value is -1.19. The first-order valence-electron chi connectivity index (χ1n) is 2.20. The molecule has 4 nitrogen and oxygen atoms in total. The van der Waals surface area contributed by atoms with Crippen LogP contribution in [0.5, 0.6) is 0 Å². The maximum Gasteiger partial charge on any atom is 0.260 e. The fourth-order valence-corrected chi connectivity index (χ4v) is 0.418. The summed E-state index contributed by atoms with van der Waals surface area (Å²) in [5.74, 6) is -0.0721. The predicted molar refractivity (Wildman–Crippen MR) is 25.8 cm³/mol. The number of hydrazine groups is 1. The van der Waals surface area contributed by atoms with Gasteiger partial charge in [0, 0.05) is 0 Å². The number of rotatable bonds is 0. The summed E-state index contributed by atoms with van der Waals surface area (Å²) in [6, 6.07) is 0. The highest BCUT2D eigenvalue weighted by atomic mass is 16.3. The molecule has 42 valence electrons. The number of nitroso groups, excluding NO2 is 1.